The molecular weight excluding hydrogens is 488 g/mol. The van der Waals surface area contributed by atoms with Crippen molar-refractivity contribution in [2.24, 2.45) is 0 Å². The summed E-state index contributed by atoms with van der Waals surface area (Å²) < 4.78 is 0. The number of hydrogen-bond acceptors (Lipinski definition) is 7. The number of ketones is 1. The van der Waals surface area contributed by atoms with E-state index in [1.165, 1.54) is 100 Å². The number of Topliss-reactive ketones (excluding diaryl/α,β-unsaturated/α-hetero) is 1. The van der Waals surface area contributed by atoms with E-state index in [4.69, 9.17) is 0 Å². The predicted molar refractivity (Wildman–Crippen MR) is 145 cm³/mol. The van der Waals surface area contributed by atoms with Gasteiger partial charge in [-0.05, 0) is 24.5 Å². The maximum Gasteiger partial charge on any atom is 0.455 e. The van der Waals surface area contributed by atoms with Gasteiger partial charge >= 0.3 is 10.8 Å². The largest absolute Gasteiger partial charge is 0.507 e. The van der Waals surface area contributed by atoms with Gasteiger partial charge in [0.05, 0.1) is 4.92 Å². The highest BCUT2D eigenvalue weighted by atomic mass is 17.0. The molecule has 0 saturated carbocycles. The Morgan fingerprint density at radius 3 is 1.82 bits per heavy atom. The fourth-order valence-electron chi connectivity index (χ4n) is 4.82. The van der Waals surface area contributed by atoms with Crippen LogP contribution in [0.1, 0.15) is 112 Å². The normalized spacial score (nSPS) is 12.6. The van der Waals surface area contributed by atoms with Crippen LogP contribution in [0.4, 0.5) is 0 Å². The van der Waals surface area contributed by atoms with Gasteiger partial charge in [-0.3, -0.25) is 14.9 Å². The van der Waals surface area contributed by atoms with Gasteiger partial charge < -0.3 is 5.11 Å². The Bertz CT molecular complexity index is 1030. The van der Waals surface area contributed by atoms with Gasteiger partial charge in [0, 0.05) is 5.56 Å². The van der Waals surface area contributed by atoms with E-state index >= 15 is 0 Å². The Balaban J connectivity index is 2.03. The number of rotatable bonds is 20. The van der Waals surface area contributed by atoms with Crippen molar-refractivity contribution in [1.82, 2.24) is 0 Å². The standard InChI is InChI=1S/C29H40N2O7/c1-2-3-4-5-6-7-8-9-10-11-12-13-15-19-24-22-18-23-26(32)27(24)29(30(34)35,38-31(36)37)28(33)25-20-16-14-17-21-25/h14,16-18,20-23,32H,2-13,15,19H2,1H3. The lowest BCUT2D eigenvalue weighted by molar-refractivity contribution is -0.848. The highest BCUT2D eigenvalue weighted by Gasteiger charge is 2.60. The highest BCUT2D eigenvalue weighted by Crippen LogP contribution is 2.39. The van der Waals surface area contributed by atoms with Crippen molar-refractivity contribution in [1.29, 1.82) is 0 Å². The van der Waals surface area contributed by atoms with Gasteiger partial charge in [0.2, 0.25) is 0 Å². The van der Waals surface area contributed by atoms with Crippen molar-refractivity contribution in [3.8, 4) is 5.75 Å². The third kappa shape index (κ3) is 8.82. The minimum Gasteiger partial charge on any atom is -0.507 e. The molecule has 38 heavy (non-hydrogen) atoms. The van der Waals surface area contributed by atoms with E-state index in [1.807, 2.05) is 0 Å². The summed E-state index contributed by atoms with van der Waals surface area (Å²) >= 11 is 0. The molecule has 2 aromatic rings. The first kappa shape index (κ1) is 30.7. The van der Waals surface area contributed by atoms with Crippen LogP contribution in [0.15, 0.2) is 48.5 Å². The molecule has 0 heterocycles. The van der Waals surface area contributed by atoms with E-state index in [9.17, 15) is 30.1 Å². The summed E-state index contributed by atoms with van der Waals surface area (Å²) in [6.07, 6.45) is 15.4. The monoisotopic (exact) mass is 528 g/mol. The summed E-state index contributed by atoms with van der Waals surface area (Å²) in [4.78, 5) is 40.5. The van der Waals surface area contributed by atoms with Gasteiger partial charge in [-0.2, -0.15) is 0 Å². The predicted octanol–water partition coefficient (Wildman–Crippen LogP) is 7.55. The molecule has 9 nitrogen and oxygen atoms in total. The quantitative estimate of drug-likeness (QED) is 0.0616. The molecule has 0 bridgehead atoms. The molecule has 0 aliphatic rings. The molecule has 2 rings (SSSR count). The zero-order valence-electron chi connectivity index (χ0n) is 22.3. The number of nitro groups is 1. The molecule has 0 spiro atoms. The van der Waals surface area contributed by atoms with E-state index in [0.717, 1.165) is 19.3 Å². The number of aromatic hydroxyl groups is 1. The molecule has 0 radical (unpaired) electrons. The lowest BCUT2D eigenvalue weighted by Gasteiger charge is -2.25. The summed E-state index contributed by atoms with van der Waals surface area (Å²) in [5.41, 5.74) is -3.58. The van der Waals surface area contributed by atoms with Gasteiger partial charge in [-0.25, -0.2) is 4.84 Å². The molecule has 1 unspecified atom stereocenters. The molecular formula is C29H40N2O7. The molecule has 0 aromatic heterocycles. The lowest BCUT2D eigenvalue weighted by atomic mass is 9.87. The van der Waals surface area contributed by atoms with Crippen molar-refractivity contribution >= 4 is 5.78 Å². The van der Waals surface area contributed by atoms with Crippen molar-refractivity contribution in [3.63, 3.8) is 0 Å². The first-order valence-corrected chi connectivity index (χ1v) is 13.7. The van der Waals surface area contributed by atoms with Gasteiger partial charge in [-0.1, -0.05) is 126 Å². The number of nitrogens with zero attached hydrogens (tertiary/aromatic N) is 2. The molecule has 0 amide bonds. The number of aryl methyl sites for hydroxylation is 1. The third-order valence-electron chi connectivity index (χ3n) is 6.82. The fraction of sp³-hybridized carbons (Fsp3) is 0.552. The molecule has 0 aliphatic carbocycles. The van der Waals surface area contributed by atoms with Crippen LogP contribution in [0.5, 0.6) is 5.75 Å². The smallest absolute Gasteiger partial charge is 0.455 e. The topological polar surface area (TPSA) is 133 Å². The summed E-state index contributed by atoms with van der Waals surface area (Å²) in [5, 5.41) is 33.0. The molecule has 2 aromatic carbocycles. The highest BCUT2D eigenvalue weighted by molar-refractivity contribution is 6.02. The summed E-state index contributed by atoms with van der Waals surface area (Å²) in [7, 11) is 0. The van der Waals surface area contributed by atoms with E-state index in [-0.39, 0.29) is 11.1 Å². The van der Waals surface area contributed by atoms with Crippen LogP contribution in [-0.2, 0) is 17.0 Å². The average molecular weight is 529 g/mol. The Morgan fingerprint density at radius 2 is 1.32 bits per heavy atom. The van der Waals surface area contributed by atoms with Gasteiger partial charge in [-0.15, -0.1) is 10.1 Å². The van der Waals surface area contributed by atoms with Crippen LogP contribution in [0.3, 0.4) is 0 Å². The number of unbranched alkanes of at least 4 members (excludes halogenated alkanes) is 12. The van der Waals surface area contributed by atoms with Gasteiger partial charge in [0.15, 0.2) is 0 Å². The van der Waals surface area contributed by atoms with E-state index in [0.29, 0.717) is 12.8 Å². The second kappa shape index (κ2) is 16.4. The number of carbonyl (C=O) groups is 1. The minimum absolute atomic E-state index is 0.138. The van der Waals surface area contributed by atoms with E-state index in [1.54, 1.807) is 6.07 Å². The van der Waals surface area contributed by atoms with Crippen LogP contribution in [0.25, 0.3) is 0 Å². The Hall–Kier alpha value is -3.49. The number of phenolic OH excluding ortho intramolecular Hbond substituents is 1. The summed E-state index contributed by atoms with van der Waals surface area (Å²) in [6.45, 7) is 2.22. The third-order valence-corrected chi connectivity index (χ3v) is 6.82. The van der Waals surface area contributed by atoms with Crippen LogP contribution in [0, 0.1) is 20.2 Å². The van der Waals surface area contributed by atoms with Crippen LogP contribution >= 0.6 is 0 Å². The van der Waals surface area contributed by atoms with Gasteiger partial charge in [0.1, 0.15) is 11.3 Å². The molecule has 0 fully saturated rings. The van der Waals surface area contributed by atoms with Gasteiger partial charge in [0.25, 0.3) is 5.78 Å². The molecule has 0 aliphatic heterocycles. The summed E-state index contributed by atoms with van der Waals surface area (Å²) in [6, 6.07) is 11.4. The summed E-state index contributed by atoms with van der Waals surface area (Å²) in [5.74, 6) is -1.83. The van der Waals surface area contributed by atoms with Crippen LogP contribution in [0.2, 0.25) is 0 Å². The fourth-order valence-corrected chi connectivity index (χ4v) is 4.82. The number of hydrogen-bond donors (Lipinski definition) is 1. The molecule has 208 valence electrons. The molecule has 1 N–H and O–H groups in total. The van der Waals surface area contributed by atoms with Crippen molar-refractivity contribution in [2.45, 2.75) is 103 Å². The van der Waals surface area contributed by atoms with Crippen LogP contribution in [-0.4, -0.2) is 20.9 Å². The van der Waals surface area contributed by atoms with E-state index < -0.39 is 32.8 Å². The molecule has 1 atom stereocenters. The Labute approximate surface area is 224 Å². The Kier molecular flexibility index (Phi) is 13.2. The first-order chi connectivity index (χ1) is 18.3. The SMILES string of the molecule is CCCCCCCCCCCCCCCc1cccc(O)c1C(O[N+](=O)[O-])(C(=O)c1ccccc1)[N+](=O)[O-]. The first-order valence-electron chi connectivity index (χ1n) is 13.7. The van der Waals surface area contributed by atoms with Crippen LogP contribution < -0.4 is 0 Å². The lowest BCUT2D eigenvalue weighted by Crippen LogP contribution is -2.48. The van der Waals surface area contributed by atoms with Crippen molar-refractivity contribution in [3.05, 3.63) is 85.4 Å². The van der Waals surface area contributed by atoms with E-state index in [2.05, 4.69) is 11.8 Å². The number of carbonyl (C=O) groups excluding carboxylic acids is 1. The second-order valence-corrected chi connectivity index (χ2v) is 9.72. The average Bonchev–Trinajstić information content (AvgIpc) is 2.90. The number of phenols is 1. The zero-order valence-corrected chi connectivity index (χ0v) is 22.3. The Morgan fingerprint density at radius 1 is 0.789 bits per heavy atom. The molecule has 9 heteroatoms. The second-order valence-electron chi connectivity index (χ2n) is 9.72. The van der Waals surface area contributed by atoms with Crippen molar-refractivity contribution < 1.29 is 24.7 Å². The zero-order chi connectivity index (χ0) is 27.8. The molecule has 0 saturated heterocycles. The number of benzene rings is 2. The van der Waals surface area contributed by atoms with Crippen molar-refractivity contribution in [2.75, 3.05) is 0 Å². The maximum atomic E-state index is 13.4. The maximum absolute atomic E-state index is 13.4. The minimum atomic E-state index is -3.22.